The predicted molar refractivity (Wildman–Crippen MR) is 152 cm³/mol. The van der Waals surface area contributed by atoms with Crippen molar-refractivity contribution >= 4 is 11.9 Å². The van der Waals surface area contributed by atoms with E-state index in [0.717, 1.165) is 70.9 Å². The summed E-state index contributed by atoms with van der Waals surface area (Å²) in [7, 11) is 0. The minimum Gasteiger partial charge on any atom is -0.464 e. The highest BCUT2D eigenvalue weighted by Gasteiger charge is 2.24. The number of nitrogens with one attached hydrogen (secondary N) is 5. The molecule has 10 nitrogen and oxygen atoms in total. The Morgan fingerprint density at radius 1 is 0.895 bits per heavy atom. The molecule has 2 heterocycles. The molecule has 218 valence electrons. The van der Waals surface area contributed by atoms with Crippen LogP contribution in [0.25, 0.3) is 0 Å². The summed E-state index contributed by atoms with van der Waals surface area (Å²) in [5.74, 6) is -0.549. The van der Waals surface area contributed by atoms with Gasteiger partial charge in [0.05, 0.1) is 19.5 Å². The van der Waals surface area contributed by atoms with E-state index < -0.39 is 6.04 Å². The molecule has 1 fully saturated rings. The quantitative estimate of drug-likeness (QED) is 0.152. The van der Waals surface area contributed by atoms with Gasteiger partial charge in [-0.1, -0.05) is 64.7 Å². The summed E-state index contributed by atoms with van der Waals surface area (Å²) >= 11 is 0. The van der Waals surface area contributed by atoms with Gasteiger partial charge in [0.1, 0.15) is 6.04 Å². The number of carbonyl (C=O) groups excluding carboxylic acids is 2. The lowest BCUT2D eigenvalue weighted by Crippen LogP contribution is -2.49. The number of aromatic nitrogens is 2. The van der Waals surface area contributed by atoms with Crippen molar-refractivity contribution in [3.8, 4) is 0 Å². The number of H-pyrrole nitrogens is 1. The Balaban J connectivity index is 1.72. The third-order valence-corrected chi connectivity index (χ3v) is 6.87. The van der Waals surface area contributed by atoms with E-state index in [9.17, 15) is 9.59 Å². The number of imidazole rings is 1. The van der Waals surface area contributed by atoms with Crippen molar-refractivity contribution in [3.05, 3.63) is 18.2 Å². The van der Waals surface area contributed by atoms with E-state index in [1.165, 1.54) is 51.4 Å². The van der Waals surface area contributed by atoms with Crippen molar-refractivity contribution < 1.29 is 14.3 Å². The first kappa shape index (κ1) is 32.2. The number of amides is 1. The number of nitrogens with zero attached hydrogens (tertiary/aromatic N) is 2. The van der Waals surface area contributed by atoms with Crippen molar-refractivity contribution in [2.75, 3.05) is 65.5 Å². The van der Waals surface area contributed by atoms with E-state index in [4.69, 9.17) is 4.74 Å². The summed E-state index contributed by atoms with van der Waals surface area (Å²) < 4.78 is 5.58. The zero-order chi connectivity index (χ0) is 27.1. The van der Waals surface area contributed by atoms with Gasteiger partial charge in [0.15, 0.2) is 0 Å². The van der Waals surface area contributed by atoms with Crippen LogP contribution in [0.15, 0.2) is 12.5 Å². The topological polar surface area (TPSA) is 123 Å². The van der Waals surface area contributed by atoms with Crippen LogP contribution in [-0.2, 0) is 20.7 Å². The molecular formula is C28H53N7O3. The van der Waals surface area contributed by atoms with E-state index in [0.29, 0.717) is 13.0 Å². The number of rotatable bonds is 17. The van der Waals surface area contributed by atoms with Gasteiger partial charge < -0.3 is 31.0 Å². The van der Waals surface area contributed by atoms with Gasteiger partial charge in [-0.25, -0.2) is 9.78 Å². The summed E-state index contributed by atoms with van der Waals surface area (Å²) in [6.07, 6.45) is 15.9. The maximum Gasteiger partial charge on any atom is 0.329 e. The first-order valence-corrected chi connectivity index (χ1v) is 15.0. The van der Waals surface area contributed by atoms with Crippen LogP contribution in [0.2, 0.25) is 0 Å². The molecule has 1 saturated heterocycles. The normalized spacial score (nSPS) is 16.8. The molecule has 1 amide bonds. The zero-order valence-corrected chi connectivity index (χ0v) is 23.7. The number of aromatic amines is 1. The van der Waals surface area contributed by atoms with Gasteiger partial charge in [-0.3, -0.25) is 9.69 Å². The summed E-state index contributed by atoms with van der Waals surface area (Å²) in [5, 5.41) is 13.1. The van der Waals surface area contributed by atoms with Crippen LogP contribution in [0.5, 0.6) is 0 Å². The Hall–Kier alpha value is -2.01. The fourth-order valence-electron chi connectivity index (χ4n) is 4.59. The molecule has 1 aliphatic rings. The first-order valence-electron chi connectivity index (χ1n) is 15.0. The first-order chi connectivity index (χ1) is 18.7. The molecule has 1 atom stereocenters. The molecule has 1 aromatic heterocycles. The smallest absolute Gasteiger partial charge is 0.329 e. The number of hydrogen-bond acceptors (Lipinski definition) is 8. The predicted octanol–water partition coefficient (Wildman–Crippen LogP) is 1.99. The third kappa shape index (κ3) is 16.1. The van der Waals surface area contributed by atoms with Gasteiger partial charge in [-0.05, 0) is 6.42 Å². The van der Waals surface area contributed by atoms with E-state index in [-0.39, 0.29) is 18.4 Å². The molecule has 0 radical (unpaired) electrons. The SMILES string of the molecule is CCCCCCCCCCCCOC(=O)[C@H](Cc1cnc[nH]1)NC(=O)CN1CCNCCNCCNCC1. The van der Waals surface area contributed by atoms with Gasteiger partial charge in [-0.2, -0.15) is 0 Å². The molecule has 5 N–H and O–H groups in total. The van der Waals surface area contributed by atoms with Crippen molar-refractivity contribution in [1.82, 2.24) is 36.1 Å². The Bertz CT molecular complexity index is 705. The number of ether oxygens (including phenoxy) is 1. The second kappa shape index (κ2) is 21.9. The molecule has 0 aliphatic carbocycles. The summed E-state index contributed by atoms with van der Waals surface area (Å²) in [6.45, 7) is 9.70. The van der Waals surface area contributed by atoms with Crippen LogP contribution in [-0.4, -0.2) is 98.3 Å². The molecule has 0 saturated carbocycles. The number of esters is 1. The standard InChI is InChI=1S/C28H53N7O3/c1-2-3-4-5-6-7-8-9-10-11-20-38-28(37)26(21-25-22-32-24-33-25)34-27(36)23-35-18-16-30-14-12-29-13-15-31-17-19-35/h22,24,26,29-31H,2-21,23H2,1H3,(H,32,33)(H,34,36)/t26-/m0/s1. The van der Waals surface area contributed by atoms with Crippen molar-refractivity contribution in [2.45, 2.75) is 83.6 Å². The summed E-state index contributed by atoms with van der Waals surface area (Å²) in [6, 6.07) is -0.735. The van der Waals surface area contributed by atoms with Crippen LogP contribution >= 0.6 is 0 Å². The van der Waals surface area contributed by atoms with E-state index >= 15 is 0 Å². The Morgan fingerprint density at radius 2 is 1.47 bits per heavy atom. The van der Waals surface area contributed by atoms with Crippen LogP contribution in [0.1, 0.15) is 76.8 Å². The largest absolute Gasteiger partial charge is 0.464 e. The number of unbranched alkanes of at least 4 members (excludes halogenated alkanes) is 9. The Kier molecular flexibility index (Phi) is 18.5. The highest BCUT2D eigenvalue weighted by molar-refractivity contribution is 5.85. The molecule has 0 unspecified atom stereocenters. The lowest BCUT2D eigenvalue weighted by Gasteiger charge is -2.24. The Labute approximate surface area is 229 Å². The molecule has 0 aromatic carbocycles. The second-order valence-electron chi connectivity index (χ2n) is 10.3. The summed E-state index contributed by atoms with van der Waals surface area (Å²) in [5.41, 5.74) is 0.791. The van der Waals surface area contributed by atoms with Crippen molar-refractivity contribution in [2.24, 2.45) is 0 Å². The fourth-order valence-corrected chi connectivity index (χ4v) is 4.59. The minimum atomic E-state index is -0.735. The molecule has 38 heavy (non-hydrogen) atoms. The van der Waals surface area contributed by atoms with Crippen LogP contribution in [0.3, 0.4) is 0 Å². The average Bonchev–Trinajstić information content (AvgIpc) is 3.41. The van der Waals surface area contributed by atoms with Crippen LogP contribution in [0, 0.1) is 0 Å². The van der Waals surface area contributed by atoms with E-state index in [2.05, 4.69) is 43.1 Å². The fraction of sp³-hybridized carbons (Fsp3) is 0.821. The lowest BCUT2D eigenvalue weighted by molar-refractivity contribution is -0.148. The van der Waals surface area contributed by atoms with E-state index in [1.807, 2.05) is 0 Å². The van der Waals surface area contributed by atoms with Crippen molar-refractivity contribution in [3.63, 3.8) is 0 Å². The lowest BCUT2D eigenvalue weighted by atomic mass is 10.1. The van der Waals surface area contributed by atoms with E-state index in [1.54, 1.807) is 12.5 Å². The zero-order valence-electron chi connectivity index (χ0n) is 23.7. The van der Waals surface area contributed by atoms with Gasteiger partial charge in [0.2, 0.25) is 5.91 Å². The second-order valence-corrected chi connectivity index (χ2v) is 10.3. The van der Waals surface area contributed by atoms with Gasteiger partial charge in [0.25, 0.3) is 0 Å². The molecule has 0 bridgehead atoms. The molecular weight excluding hydrogens is 482 g/mol. The van der Waals surface area contributed by atoms with Gasteiger partial charge in [0, 0.05) is 70.7 Å². The third-order valence-electron chi connectivity index (χ3n) is 6.87. The number of carbonyl (C=O) groups is 2. The highest BCUT2D eigenvalue weighted by atomic mass is 16.5. The average molecular weight is 536 g/mol. The van der Waals surface area contributed by atoms with Crippen molar-refractivity contribution in [1.29, 1.82) is 0 Å². The molecule has 1 aromatic rings. The molecule has 1 aliphatic heterocycles. The maximum absolute atomic E-state index is 13.0. The number of hydrogen-bond donors (Lipinski definition) is 5. The molecule has 10 heteroatoms. The maximum atomic E-state index is 13.0. The van der Waals surface area contributed by atoms with Crippen LogP contribution in [0.4, 0.5) is 0 Å². The van der Waals surface area contributed by atoms with Crippen LogP contribution < -0.4 is 21.3 Å². The summed E-state index contributed by atoms with van der Waals surface area (Å²) in [4.78, 5) is 35.0. The van der Waals surface area contributed by atoms with Gasteiger partial charge >= 0.3 is 5.97 Å². The molecule has 0 spiro atoms. The molecule has 2 rings (SSSR count). The Morgan fingerprint density at radius 3 is 2.05 bits per heavy atom. The highest BCUT2D eigenvalue weighted by Crippen LogP contribution is 2.11. The monoisotopic (exact) mass is 535 g/mol. The minimum absolute atomic E-state index is 0.167. The van der Waals surface area contributed by atoms with Gasteiger partial charge in [-0.15, -0.1) is 0 Å².